The second kappa shape index (κ2) is 6.09. The number of hydrogen-bond donors (Lipinski definition) is 0. The monoisotopic (exact) mass is 376 g/mol. The first-order chi connectivity index (χ1) is 13.5. The van der Waals surface area contributed by atoms with Crippen LogP contribution < -0.4 is 5.56 Å². The van der Waals surface area contributed by atoms with Crippen molar-refractivity contribution >= 4 is 22.5 Å². The number of rotatable bonds is 2. The summed E-state index contributed by atoms with van der Waals surface area (Å²) in [4.78, 5) is 28.0. The first-order valence-electron chi connectivity index (χ1n) is 9.38. The van der Waals surface area contributed by atoms with E-state index in [1.54, 1.807) is 29.7 Å². The van der Waals surface area contributed by atoms with Crippen LogP contribution in [0.15, 0.2) is 51.9 Å². The highest BCUT2D eigenvalue weighted by Gasteiger charge is 2.28. The van der Waals surface area contributed by atoms with Crippen molar-refractivity contribution in [2.45, 2.75) is 32.9 Å². The van der Waals surface area contributed by atoms with Crippen LogP contribution in [0.1, 0.15) is 29.9 Å². The van der Waals surface area contributed by atoms with Crippen LogP contribution in [-0.2, 0) is 17.8 Å². The molecule has 1 atom stereocenters. The van der Waals surface area contributed by atoms with Crippen LogP contribution in [0.5, 0.6) is 0 Å². The van der Waals surface area contributed by atoms with E-state index < -0.39 is 6.04 Å². The van der Waals surface area contributed by atoms with Crippen molar-refractivity contribution in [3.8, 4) is 0 Å². The molecule has 0 aliphatic carbocycles. The Morgan fingerprint density at radius 1 is 1.18 bits per heavy atom. The van der Waals surface area contributed by atoms with Gasteiger partial charge in [-0.3, -0.25) is 14.0 Å². The Hall–Kier alpha value is -3.35. The Labute approximate surface area is 160 Å². The van der Waals surface area contributed by atoms with Crippen LogP contribution in [0, 0.1) is 6.92 Å². The molecule has 4 heterocycles. The number of benzene rings is 1. The smallest absolute Gasteiger partial charge is 0.291 e. The van der Waals surface area contributed by atoms with Gasteiger partial charge in [0.05, 0.1) is 11.8 Å². The van der Waals surface area contributed by atoms with E-state index in [2.05, 4.69) is 17.2 Å². The second-order valence-corrected chi connectivity index (χ2v) is 7.29. The SMILES string of the molecule is Cc1nn([C@@H](C)C(=O)N2CCc3ccccc3C2)c(=O)c2cc3occc3n12. The average molecular weight is 376 g/mol. The van der Waals surface area contributed by atoms with E-state index in [9.17, 15) is 9.59 Å². The molecule has 1 aromatic carbocycles. The van der Waals surface area contributed by atoms with Crippen molar-refractivity contribution < 1.29 is 9.21 Å². The second-order valence-electron chi connectivity index (χ2n) is 7.29. The summed E-state index contributed by atoms with van der Waals surface area (Å²) < 4.78 is 8.49. The van der Waals surface area contributed by atoms with E-state index in [1.807, 2.05) is 24.0 Å². The molecular weight excluding hydrogens is 356 g/mol. The molecule has 4 aromatic rings. The Morgan fingerprint density at radius 2 is 1.96 bits per heavy atom. The minimum Gasteiger partial charge on any atom is -0.463 e. The van der Waals surface area contributed by atoms with E-state index in [0.717, 1.165) is 17.5 Å². The van der Waals surface area contributed by atoms with E-state index in [1.165, 1.54) is 10.2 Å². The third-order valence-electron chi connectivity index (χ3n) is 5.59. The van der Waals surface area contributed by atoms with Crippen LogP contribution in [0.3, 0.4) is 0 Å². The summed E-state index contributed by atoms with van der Waals surface area (Å²) in [5.41, 5.74) is 4.04. The van der Waals surface area contributed by atoms with Gasteiger partial charge in [0.15, 0.2) is 5.58 Å². The summed E-state index contributed by atoms with van der Waals surface area (Å²) in [6, 6.07) is 11.0. The number of fused-ring (bicyclic) bond motifs is 4. The fourth-order valence-corrected chi connectivity index (χ4v) is 4.11. The number of amides is 1. The number of aromatic nitrogens is 3. The van der Waals surface area contributed by atoms with Gasteiger partial charge in [-0.15, -0.1) is 0 Å². The molecule has 28 heavy (non-hydrogen) atoms. The van der Waals surface area contributed by atoms with E-state index in [4.69, 9.17) is 4.42 Å². The van der Waals surface area contributed by atoms with E-state index in [-0.39, 0.29) is 11.5 Å². The lowest BCUT2D eigenvalue weighted by Crippen LogP contribution is -2.43. The molecule has 0 saturated heterocycles. The molecule has 1 aliphatic heterocycles. The van der Waals surface area contributed by atoms with Crippen molar-refractivity contribution in [3.63, 3.8) is 0 Å². The lowest BCUT2D eigenvalue weighted by Gasteiger charge is -2.31. The topological polar surface area (TPSA) is 72.8 Å². The maximum absolute atomic E-state index is 13.1. The average Bonchev–Trinajstić information content (AvgIpc) is 3.30. The van der Waals surface area contributed by atoms with Crippen LogP contribution in [0.4, 0.5) is 0 Å². The number of carbonyl (C=O) groups excluding carboxylic acids is 1. The van der Waals surface area contributed by atoms with Gasteiger partial charge >= 0.3 is 0 Å². The maximum Gasteiger partial charge on any atom is 0.291 e. The van der Waals surface area contributed by atoms with Crippen molar-refractivity contribution in [1.82, 2.24) is 19.1 Å². The van der Waals surface area contributed by atoms with Crippen molar-refractivity contribution in [1.29, 1.82) is 0 Å². The molecule has 0 fully saturated rings. The summed E-state index contributed by atoms with van der Waals surface area (Å²) in [6.45, 7) is 4.77. The minimum absolute atomic E-state index is 0.0944. The van der Waals surface area contributed by atoms with Gasteiger partial charge in [0.1, 0.15) is 17.4 Å². The summed E-state index contributed by atoms with van der Waals surface area (Å²) in [6.07, 6.45) is 2.41. The van der Waals surface area contributed by atoms with Crippen LogP contribution in [0.2, 0.25) is 0 Å². The molecule has 5 rings (SSSR count). The molecule has 142 valence electrons. The Balaban J connectivity index is 1.52. The number of nitrogens with zero attached hydrogens (tertiary/aromatic N) is 4. The Bertz CT molecular complexity index is 1280. The van der Waals surface area contributed by atoms with E-state index >= 15 is 0 Å². The molecule has 0 spiro atoms. The lowest BCUT2D eigenvalue weighted by atomic mass is 9.99. The molecule has 0 N–H and O–H groups in total. The Morgan fingerprint density at radius 3 is 2.79 bits per heavy atom. The van der Waals surface area contributed by atoms with Gasteiger partial charge < -0.3 is 9.32 Å². The molecule has 3 aromatic heterocycles. The molecule has 0 unspecified atom stereocenters. The Kier molecular flexibility index (Phi) is 3.65. The van der Waals surface area contributed by atoms with Gasteiger partial charge in [-0.2, -0.15) is 5.10 Å². The number of hydrogen-bond acceptors (Lipinski definition) is 4. The number of carbonyl (C=O) groups is 1. The quantitative estimate of drug-likeness (QED) is 0.539. The van der Waals surface area contributed by atoms with Gasteiger partial charge in [0.2, 0.25) is 5.91 Å². The maximum atomic E-state index is 13.1. The predicted molar refractivity (Wildman–Crippen MR) is 104 cm³/mol. The molecule has 0 saturated carbocycles. The zero-order valence-electron chi connectivity index (χ0n) is 15.8. The normalized spacial score (nSPS) is 15.1. The molecular formula is C21H20N4O3. The van der Waals surface area contributed by atoms with Crippen molar-refractivity contribution in [2.75, 3.05) is 6.54 Å². The van der Waals surface area contributed by atoms with Crippen molar-refractivity contribution in [2.24, 2.45) is 0 Å². The lowest BCUT2D eigenvalue weighted by molar-refractivity contribution is -0.135. The number of aryl methyl sites for hydroxylation is 1. The van der Waals surface area contributed by atoms with Crippen molar-refractivity contribution in [3.05, 3.63) is 70.0 Å². The molecule has 7 heteroatoms. The molecule has 1 aliphatic rings. The van der Waals surface area contributed by atoms with Crippen LogP contribution in [0.25, 0.3) is 16.6 Å². The predicted octanol–water partition coefficient (Wildman–Crippen LogP) is 2.70. The fourth-order valence-electron chi connectivity index (χ4n) is 4.11. The van der Waals surface area contributed by atoms with Gasteiger partial charge in [0, 0.05) is 25.2 Å². The molecule has 1 amide bonds. The summed E-state index contributed by atoms with van der Waals surface area (Å²) in [7, 11) is 0. The fraction of sp³-hybridized carbons (Fsp3) is 0.286. The molecule has 0 bridgehead atoms. The van der Waals surface area contributed by atoms with Gasteiger partial charge in [-0.25, -0.2) is 4.68 Å². The highest BCUT2D eigenvalue weighted by atomic mass is 16.3. The zero-order chi connectivity index (χ0) is 19.4. The molecule has 0 radical (unpaired) electrons. The summed E-state index contributed by atoms with van der Waals surface area (Å²) in [5.74, 6) is 0.540. The highest BCUT2D eigenvalue weighted by Crippen LogP contribution is 2.23. The third kappa shape index (κ3) is 2.39. The third-order valence-corrected chi connectivity index (χ3v) is 5.59. The highest BCUT2D eigenvalue weighted by molar-refractivity contribution is 5.83. The van der Waals surface area contributed by atoms with Crippen LogP contribution >= 0.6 is 0 Å². The van der Waals surface area contributed by atoms with Gasteiger partial charge in [-0.1, -0.05) is 24.3 Å². The van der Waals surface area contributed by atoms with E-state index in [0.29, 0.717) is 30.0 Å². The summed E-state index contributed by atoms with van der Waals surface area (Å²) in [5, 5.41) is 4.44. The van der Waals surface area contributed by atoms with Gasteiger partial charge in [0.25, 0.3) is 5.56 Å². The standard InChI is InChI=1S/C21H20N4O3/c1-13(20(26)23-9-7-15-5-3-4-6-16(15)12-23)25-21(27)18-11-19-17(8-10-28-19)24(18)14(2)22-25/h3-6,8,10-11,13H,7,9,12H2,1-2H3/t13-/m0/s1. The first-order valence-corrected chi connectivity index (χ1v) is 9.38. The summed E-state index contributed by atoms with van der Waals surface area (Å²) >= 11 is 0. The largest absolute Gasteiger partial charge is 0.463 e. The molecule has 7 nitrogen and oxygen atoms in total. The number of furan rings is 1. The van der Waals surface area contributed by atoms with Crippen LogP contribution in [-0.4, -0.2) is 31.5 Å². The first kappa shape index (κ1) is 16.8. The minimum atomic E-state index is -0.678. The van der Waals surface area contributed by atoms with Gasteiger partial charge in [-0.05, 0) is 31.4 Å². The zero-order valence-corrected chi connectivity index (χ0v) is 15.8.